The number of aromatic nitrogens is 4. The van der Waals surface area contributed by atoms with Crippen molar-refractivity contribution >= 4 is 64.3 Å². The Bertz CT molecular complexity index is 1680. The van der Waals surface area contributed by atoms with Crippen molar-refractivity contribution in [3.05, 3.63) is 52.5 Å². The minimum Gasteiger partial charge on any atom is -0.496 e. The van der Waals surface area contributed by atoms with E-state index in [9.17, 15) is 4.79 Å². The number of fused-ring (bicyclic) bond motifs is 3. The average molecular weight is 580 g/mol. The molecule has 43 heavy (non-hydrogen) atoms. The van der Waals surface area contributed by atoms with E-state index in [1.165, 1.54) is 11.3 Å². The fraction of sp³-hybridized carbons (Fsp3) is 0.346. The molecular weight excluding hydrogens is 559 g/mol. The molecule has 1 aromatic carbocycles. The van der Waals surface area contributed by atoms with E-state index in [1.54, 1.807) is 28.7 Å². The second-order valence-electron chi connectivity index (χ2n) is 10.6. The van der Waals surface area contributed by atoms with Crippen LogP contribution >= 0.6 is 11.3 Å². The number of hydrogen-bond acceptors (Lipinski definition) is 8. The van der Waals surface area contributed by atoms with E-state index < -0.39 is 22.0 Å². The van der Waals surface area contributed by atoms with Crippen LogP contribution < -0.4 is 9.47 Å². The van der Waals surface area contributed by atoms with Crippen LogP contribution in [0.15, 0.2) is 41.2 Å². The van der Waals surface area contributed by atoms with Gasteiger partial charge < -0.3 is 23.8 Å². The summed E-state index contributed by atoms with van der Waals surface area (Å²) in [6.45, 7) is -0.262. The van der Waals surface area contributed by atoms with Crippen LogP contribution in [0.2, 0.25) is 0 Å². The molecule has 17 heteroatoms. The zero-order valence-electron chi connectivity index (χ0n) is 23.5. The molecule has 0 atom stereocenters. The molecule has 3 aromatic heterocycles. The smallest absolute Gasteiger partial charge is 0.273 e. The molecule has 0 unspecified atom stereocenters. The standard InChI is InChI=1S/C26H21B6N5O5S/c1-35-18(3-5-33-35)15-7-16-20(8-19(15)39-2)41-9-17-21(34-36(22(16)17)14-4-6-43-10-14)23(38)37(25(27,28)29)24(11-40-12-24)13-42-26(30,31)32/h3-8,10H,9,11-13H2,1-2H3. The summed E-state index contributed by atoms with van der Waals surface area (Å²) in [5.74, 6) is 0.473. The van der Waals surface area contributed by atoms with Gasteiger partial charge in [-0.1, -0.05) is 5.24 Å². The van der Waals surface area contributed by atoms with Crippen LogP contribution in [0, 0.1) is 0 Å². The molecule has 5 heterocycles. The lowest BCUT2D eigenvalue weighted by Crippen LogP contribution is -2.74. The van der Waals surface area contributed by atoms with Crippen LogP contribution in [0.3, 0.4) is 0 Å². The number of methoxy groups -OCH3 is 1. The van der Waals surface area contributed by atoms with Crippen molar-refractivity contribution in [3.63, 3.8) is 0 Å². The largest absolute Gasteiger partial charge is 0.496 e. The molecule has 0 spiro atoms. The first-order valence-corrected chi connectivity index (χ1v) is 14.0. The number of thiophene rings is 1. The third kappa shape index (κ3) is 5.25. The number of carbonyl (C=O) groups is 1. The van der Waals surface area contributed by atoms with Gasteiger partial charge in [-0.15, -0.1) is 0 Å². The molecule has 4 aromatic rings. The van der Waals surface area contributed by atoms with Crippen LogP contribution in [0.25, 0.3) is 28.2 Å². The SMILES string of the molecule is [B]C([B])([B])OCC1(N(C(=O)c2nn(-c3ccsc3)c3c2COc2cc(OC)c(-c4ccnn4C)cc2-3)C([B])([B])[B])COC1. The Kier molecular flexibility index (Phi) is 7.42. The van der Waals surface area contributed by atoms with E-state index in [0.717, 1.165) is 21.8 Å². The van der Waals surface area contributed by atoms with E-state index >= 15 is 0 Å². The first-order chi connectivity index (χ1) is 20.3. The number of benzene rings is 1. The fourth-order valence-electron chi connectivity index (χ4n) is 5.40. The normalized spacial score (nSPS) is 15.6. The van der Waals surface area contributed by atoms with Crippen LogP contribution in [0.1, 0.15) is 16.1 Å². The van der Waals surface area contributed by atoms with Gasteiger partial charge in [0.15, 0.2) is 5.69 Å². The Morgan fingerprint density at radius 2 is 1.93 bits per heavy atom. The summed E-state index contributed by atoms with van der Waals surface area (Å²) in [6, 6.07) is 7.50. The van der Waals surface area contributed by atoms with Gasteiger partial charge in [-0.05, 0) is 28.9 Å². The Morgan fingerprint density at radius 1 is 1.16 bits per heavy atom. The van der Waals surface area contributed by atoms with Gasteiger partial charge in [0.1, 0.15) is 23.6 Å². The average Bonchev–Trinajstić information content (AvgIpc) is 3.67. The number of ether oxygens (including phenoxy) is 4. The molecule has 12 radical (unpaired) electrons. The zero-order valence-corrected chi connectivity index (χ0v) is 24.3. The van der Waals surface area contributed by atoms with Crippen molar-refractivity contribution < 1.29 is 23.7 Å². The number of amides is 1. The van der Waals surface area contributed by atoms with Crippen molar-refractivity contribution in [2.45, 2.75) is 22.7 Å². The summed E-state index contributed by atoms with van der Waals surface area (Å²) in [6.07, 6.45) is 1.70. The third-order valence-corrected chi connectivity index (χ3v) is 8.03. The predicted octanol–water partition coefficient (Wildman–Crippen LogP) is 0.364. The molecule has 0 saturated carbocycles. The molecule has 2 aliphatic heterocycles. The minimum atomic E-state index is -2.16. The molecular formula is C26H21B6N5O5S. The quantitative estimate of drug-likeness (QED) is 0.264. The Hall–Kier alpha value is -3.28. The molecule has 0 aliphatic carbocycles. The van der Waals surface area contributed by atoms with E-state index in [0.29, 0.717) is 28.3 Å². The lowest BCUT2D eigenvalue weighted by atomic mass is 9.47. The third-order valence-electron chi connectivity index (χ3n) is 7.36. The molecule has 1 saturated heterocycles. The lowest BCUT2D eigenvalue weighted by Gasteiger charge is -2.56. The van der Waals surface area contributed by atoms with Gasteiger partial charge in [0.2, 0.25) is 0 Å². The molecule has 10 nitrogen and oxygen atoms in total. The molecule has 1 amide bonds. The van der Waals surface area contributed by atoms with Crippen molar-refractivity contribution in [1.29, 1.82) is 0 Å². The maximum Gasteiger partial charge on any atom is 0.273 e. The predicted molar refractivity (Wildman–Crippen MR) is 166 cm³/mol. The molecule has 0 N–H and O–H groups in total. The van der Waals surface area contributed by atoms with E-state index in [4.69, 9.17) is 71.1 Å². The lowest BCUT2D eigenvalue weighted by molar-refractivity contribution is -0.159. The number of rotatable bonds is 9. The summed E-state index contributed by atoms with van der Waals surface area (Å²) in [7, 11) is 38.9. The summed E-state index contributed by atoms with van der Waals surface area (Å²) in [5, 5.41) is 8.77. The molecule has 204 valence electrons. The molecule has 6 rings (SSSR count). The summed E-state index contributed by atoms with van der Waals surface area (Å²) < 4.78 is 26.2. The first kappa shape index (κ1) is 29.8. The van der Waals surface area contributed by atoms with E-state index in [-0.39, 0.29) is 32.1 Å². The van der Waals surface area contributed by atoms with Gasteiger partial charge in [-0.25, -0.2) is 4.68 Å². The highest BCUT2D eigenvalue weighted by atomic mass is 32.1. The van der Waals surface area contributed by atoms with Crippen molar-refractivity contribution in [2.24, 2.45) is 7.05 Å². The maximum atomic E-state index is 14.4. The topological polar surface area (TPSA) is 92.9 Å². The second kappa shape index (κ2) is 10.7. The van der Waals surface area contributed by atoms with E-state index in [1.807, 2.05) is 36.0 Å². The van der Waals surface area contributed by atoms with Gasteiger partial charge >= 0.3 is 0 Å². The van der Waals surface area contributed by atoms with Crippen molar-refractivity contribution in [1.82, 2.24) is 24.5 Å². The fourth-order valence-corrected chi connectivity index (χ4v) is 6.02. The zero-order chi connectivity index (χ0) is 30.7. The first-order valence-electron chi connectivity index (χ1n) is 13.1. The van der Waals surface area contributed by atoms with E-state index in [2.05, 4.69) is 5.10 Å². The number of nitrogens with zero attached hydrogens (tertiary/aromatic N) is 5. The Labute approximate surface area is 260 Å². The minimum absolute atomic E-state index is 0.0111. The van der Waals surface area contributed by atoms with Gasteiger partial charge in [-0.2, -0.15) is 21.5 Å². The Morgan fingerprint density at radius 3 is 2.49 bits per heavy atom. The summed E-state index contributed by atoms with van der Waals surface area (Å²) in [4.78, 5) is 15.5. The number of carbonyl (C=O) groups excluding carboxylic acids is 1. The molecule has 0 bridgehead atoms. The van der Waals surface area contributed by atoms with Gasteiger partial charge in [0, 0.05) is 41.4 Å². The number of aryl methyl sites for hydroxylation is 1. The van der Waals surface area contributed by atoms with Gasteiger partial charge in [-0.3, -0.25) is 9.48 Å². The number of hydrogen-bond donors (Lipinski definition) is 0. The van der Waals surface area contributed by atoms with Gasteiger partial charge in [0.05, 0.1) is 91.1 Å². The van der Waals surface area contributed by atoms with Crippen LogP contribution in [-0.2, 0) is 23.1 Å². The van der Waals surface area contributed by atoms with Gasteiger partial charge in [0.25, 0.3) is 5.91 Å². The van der Waals surface area contributed by atoms with Crippen molar-refractivity contribution in [3.8, 4) is 39.7 Å². The second-order valence-corrected chi connectivity index (χ2v) is 11.4. The highest BCUT2D eigenvalue weighted by Gasteiger charge is 2.52. The highest BCUT2D eigenvalue weighted by Crippen LogP contribution is 2.46. The summed E-state index contributed by atoms with van der Waals surface area (Å²) >= 11 is 1.48. The highest BCUT2D eigenvalue weighted by molar-refractivity contribution is 7.08. The molecule has 1 fully saturated rings. The van der Waals surface area contributed by atoms with Crippen molar-refractivity contribution in [2.75, 3.05) is 26.9 Å². The Balaban J connectivity index is 1.52. The maximum absolute atomic E-state index is 14.4. The van der Waals surface area contributed by atoms with Crippen LogP contribution in [0.4, 0.5) is 0 Å². The monoisotopic (exact) mass is 581 g/mol. The van der Waals surface area contributed by atoms with Crippen LogP contribution in [-0.4, -0.2) is 120 Å². The summed E-state index contributed by atoms with van der Waals surface area (Å²) in [5.41, 5.74) is 2.95. The van der Waals surface area contributed by atoms with Crippen LogP contribution in [0.5, 0.6) is 11.5 Å². The molecule has 2 aliphatic rings.